The van der Waals surface area contributed by atoms with Crippen molar-refractivity contribution < 1.29 is 27.8 Å². The maximum atomic E-state index is 12.4. The number of amides is 2. The zero-order valence-corrected chi connectivity index (χ0v) is 13.3. The number of nitrogens with zero attached hydrogens (tertiary/aromatic N) is 1. The number of hydrogen-bond donors (Lipinski definition) is 2. The van der Waals surface area contributed by atoms with Crippen LogP contribution >= 0.6 is 0 Å². The molecule has 1 aromatic rings. The van der Waals surface area contributed by atoms with Crippen molar-refractivity contribution in [1.82, 2.24) is 10.2 Å². The fraction of sp³-hybridized carbons (Fsp3) is 0.562. The molecule has 0 unspecified atom stereocenters. The lowest BCUT2D eigenvalue weighted by atomic mass is 10.0. The second-order valence-electron chi connectivity index (χ2n) is 5.84. The Hall–Kier alpha value is -1.96. The van der Waals surface area contributed by atoms with Crippen molar-refractivity contribution in [2.24, 2.45) is 5.92 Å². The largest absolute Gasteiger partial charge is 0.492 e. The molecular formula is C16H21F3N2O3. The number of urea groups is 1. The number of benzene rings is 1. The van der Waals surface area contributed by atoms with Gasteiger partial charge in [-0.3, -0.25) is 0 Å². The molecule has 2 N–H and O–H groups in total. The molecule has 134 valence electrons. The first-order valence-corrected chi connectivity index (χ1v) is 7.78. The van der Waals surface area contributed by atoms with E-state index in [1.165, 1.54) is 12.1 Å². The number of rotatable bonds is 5. The van der Waals surface area contributed by atoms with E-state index in [1.807, 2.05) is 0 Å². The van der Waals surface area contributed by atoms with Crippen molar-refractivity contribution in [3.05, 3.63) is 29.8 Å². The van der Waals surface area contributed by atoms with Crippen molar-refractivity contribution in [1.29, 1.82) is 0 Å². The molecule has 1 saturated heterocycles. The molecule has 1 aliphatic heterocycles. The molecule has 0 spiro atoms. The van der Waals surface area contributed by atoms with E-state index in [-0.39, 0.29) is 25.1 Å². The van der Waals surface area contributed by atoms with Crippen molar-refractivity contribution >= 4 is 6.03 Å². The Morgan fingerprint density at radius 1 is 1.42 bits per heavy atom. The van der Waals surface area contributed by atoms with Gasteiger partial charge in [-0.1, -0.05) is 0 Å². The molecule has 0 radical (unpaired) electrons. The van der Waals surface area contributed by atoms with Gasteiger partial charge in [0.2, 0.25) is 0 Å². The van der Waals surface area contributed by atoms with Crippen molar-refractivity contribution in [3.8, 4) is 5.75 Å². The summed E-state index contributed by atoms with van der Waals surface area (Å²) in [5.41, 5.74) is -0.732. The first kappa shape index (κ1) is 18.4. The Morgan fingerprint density at radius 3 is 2.62 bits per heavy atom. The van der Waals surface area contributed by atoms with Crippen LogP contribution in [0.2, 0.25) is 0 Å². The Labute approximate surface area is 138 Å². The van der Waals surface area contributed by atoms with Crippen molar-refractivity contribution in [2.45, 2.75) is 25.6 Å². The number of ether oxygens (including phenoxy) is 1. The average Bonchev–Trinajstić information content (AvgIpc) is 3.01. The lowest BCUT2D eigenvalue weighted by molar-refractivity contribution is -0.137. The second kappa shape index (κ2) is 7.74. The molecule has 2 amide bonds. The Balaban J connectivity index is 1.69. The highest BCUT2D eigenvalue weighted by Crippen LogP contribution is 2.30. The molecule has 24 heavy (non-hydrogen) atoms. The molecule has 5 nitrogen and oxygen atoms in total. The van der Waals surface area contributed by atoms with Gasteiger partial charge in [0.05, 0.1) is 18.2 Å². The summed E-state index contributed by atoms with van der Waals surface area (Å²) >= 11 is 0. The summed E-state index contributed by atoms with van der Waals surface area (Å²) in [5, 5.41) is 12.2. The van der Waals surface area contributed by atoms with Gasteiger partial charge >= 0.3 is 12.2 Å². The number of alkyl halides is 3. The molecule has 0 aromatic heterocycles. The minimum Gasteiger partial charge on any atom is -0.492 e. The lowest BCUT2D eigenvalue weighted by Gasteiger charge is -2.18. The smallest absolute Gasteiger partial charge is 0.416 e. The number of carbonyl (C=O) groups is 1. The molecule has 0 saturated carbocycles. The fourth-order valence-corrected chi connectivity index (χ4v) is 2.54. The number of likely N-dealkylation sites (tertiary alicyclic amines) is 1. The highest BCUT2D eigenvalue weighted by molar-refractivity contribution is 5.74. The quantitative estimate of drug-likeness (QED) is 0.806. The summed E-state index contributed by atoms with van der Waals surface area (Å²) in [7, 11) is 0. The highest BCUT2D eigenvalue weighted by Gasteiger charge is 2.30. The van der Waals surface area contributed by atoms with E-state index in [9.17, 15) is 23.1 Å². The van der Waals surface area contributed by atoms with Gasteiger partial charge in [-0.15, -0.1) is 0 Å². The first-order chi connectivity index (χ1) is 11.3. The van der Waals surface area contributed by atoms with Gasteiger partial charge in [0, 0.05) is 19.0 Å². The van der Waals surface area contributed by atoms with Crippen LogP contribution in [0.15, 0.2) is 24.3 Å². The van der Waals surface area contributed by atoms with E-state index in [1.54, 1.807) is 11.8 Å². The summed E-state index contributed by atoms with van der Waals surface area (Å²) in [6.45, 7) is 3.23. The Morgan fingerprint density at radius 2 is 2.08 bits per heavy atom. The SMILES string of the molecule is C[C@H](O)[C@H]1CCN(C(=O)NCCOc2ccc(C(F)(F)F)cc2)C1. The van der Waals surface area contributed by atoms with E-state index in [0.717, 1.165) is 18.6 Å². The summed E-state index contributed by atoms with van der Waals surface area (Å²) in [5.74, 6) is 0.409. The number of carbonyl (C=O) groups excluding carboxylic acids is 1. The predicted molar refractivity (Wildman–Crippen MR) is 81.7 cm³/mol. The molecular weight excluding hydrogens is 325 g/mol. The van der Waals surface area contributed by atoms with Crippen LogP contribution in [0.1, 0.15) is 18.9 Å². The third-order valence-corrected chi connectivity index (χ3v) is 4.02. The summed E-state index contributed by atoms with van der Waals surface area (Å²) in [6, 6.07) is 4.17. The Kier molecular flexibility index (Phi) is 5.93. The summed E-state index contributed by atoms with van der Waals surface area (Å²) < 4.78 is 42.6. The molecule has 2 atom stereocenters. The topological polar surface area (TPSA) is 61.8 Å². The summed E-state index contributed by atoms with van der Waals surface area (Å²) in [4.78, 5) is 13.6. The monoisotopic (exact) mass is 346 g/mol. The van der Waals surface area contributed by atoms with Crippen molar-refractivity contribution in [2.75, 3.05) is 26.2 Å². The number of hydrogen-bond acceptors (Lipinski definition) is 3. The minimum absolute atomic E-state index is 0.0964. The molecule has 0 bridgehead atoms. The van der Waals surface area contributed by atoms with Gasteiger partial charge in [0.1, 0.15) is 12.4 Å². The van der Waals surface area contributed by atoms with Crippen LogP contribution < -0.4 is 10.1 Å². The van der Waals surface area contributed by atoms with Crippen LogP contribution in [0.25, 0.3) is 0 Å². The van der Waals surface area contributed by atoms with Gasteiger partial charge in [-0.2, -0.15) is 13.2 Å². The van der Waals surface area contributed by atoms with Gasteiger partial charge < -0.3 is 20.1 Å². The maximum Gasteiger partial charge on any atom is 0.416 e. The third kappa shape index (κ3) is 5.02. The van der Waals surface area contributed by atoms with E-state index in [2.05, 4.69) is 5.32 Å². The molecule has 1 heterocycles. The number of aliphatic hydroxyl groups excluding tert-OH is 1. The average molecular weight is 346 g/mol. The number of nitrogens with one attached hydrogen (secondary N) is 1. The summed E-state index contributed by atoms with van der Waals surface area (Å²) in [6.07, 6.45) is -4.04. The van der Waals surface area contributed by atoms with Crippen LogP contribution in [-0.2, 0) is 6.18 Å². The van der Waals surface area contributed by atoms with E-state index < -0.39 is 17.8 Å². The molecule has 0 aliphatic carbocycles. The fourth-order valence-electron chi connectivity index (χ4n) is 2.54. The zero-order valence-electron chi connectivity index (χ0n) is 13.3. The molecule has 8 heteroatoms. The first-order valence-electron chi connectivity index (χ1n) is 7.78. The van der Waals surface area contributed by atoms with Crippen LogP contribution in [0.5, 0.6) is 5.75 Å². The standard InChI is InChI=1S/C16H21F3N2O3/c1-11(22)12-6-8-21(10-12)15(23)20-7-9-24-14-4-2-13(3-5-14)16(17,18)19/h2-5,11-12,22H,6-10H2,1H3,(H,20,23)/t11-,12-/m0/s1. The second-order valence-corrected chi connectivity index (χ2v) is 5.84. The normalized spacial score (nSPS) is 19.2. The van der Waals surface area contributed by atoms with Gasteiger partial charge in [-0.05, 0) is 37.6 Å². The molecule has 2 rings (SSSR count). The number of halogens is 3. The van der Waals surface area contributed by atoms with Crippen molar-refractivity contribution in [3.63, 3.8) is 0 Å². The minimum atomic E-state index is -4.37. The van der Waals surface area contributed by atoms with Crippen LogP contribution in [0, 0.1) is 5.92 Å². The Bertz CT molecular complexity index is 546. The molecule has 1 fully saturated rings. The highest BCUT2D eigenvalue weighted by atomic mass is 19.4. The number of aliphatic hydroxyl groups is 1. The lowest BCUT2D eigenvalue weighted by Crippen LogP contribution is -2.40. The third-order valence-electron chi connectivity index (χ3n) is 4.02. The molecule has 1 aromatic carbocycles. The molecule has 1 aliphatic rings. The zero-order chi connectivity index (χ0) is 17.7. The van der Waals surface area contributed by atoms with E-state index in [0.29, 0.717) is 18.8 Å². The van der Waals surface area contributed by atoms with Crippen LogP contribution in [0.3, 0.4) is 0 Å². The van der Waals surface area contributed by atoms with Gasteiger partial charge in [0.25, 0.3) is 0 Å². The maximum absolute atomic E-state index is 12.4. The van der Waals surface area contributed by atoms with E-state index in [4.69, 9.17) is 4.74 Å². The van der Waals surface area contributed by atoms with Crippen LogP contribution in [-0.4, -0.2) is 48.4 Å². The van der Waals surface area contributed by atoms with E-state index >= 15 is 0 Å². The predicted octanol–water partition coefficient (Wildman–Crippen LogP) is 2.50. The van der Waals surface area contributed by atoms with Gasteiger partial charge in [-0.25, -0.2) is 4.79 Å². The van der Waals surface area contributed by atoms with Gasteiger partial charge in [0.15, 0.2) is 0 Å². The van der Waals surface area contributed by atoms with Crippen LogP contribution in [0.4, 0.5) is 18.0 Å².